The molecular weight excluding hydrogens is 1740 g/mol. The predicted molar refractivity (Wildman–Crippen MR) is 435 cm³/mol. The average molecular weight is 1870 g/mol. The number of carbonyl (C=O) groups is 24. The number of hydrogen-bond acceptors (Lipinski definition) is 36. The van der Waals surface area contributed by atoms with Gasteiger partial charge in [0.05, 0.1) is 0 Å². The highest BCUT2D eigenvalue weighted by Gasteiger charge is 2.38. The van der Waals surface area contributed by atoms with Crippen LogP contribution in [0.15, 0.2) is 0 Å². The summed E-state index contributed by atoms with van der Waals surface area (Å²) in [5, 5.41) is 117. The maximum atomic E-state index is 12.1. The Kier molecular flexibility index (Phi) is 64.5. The summed E-state index contributed by atoms with van der Waals surface area (Å²) in [6, 6.07) is -13.1. The molecule has 6 amide bonds. The van der Waals surface area contributed by atoms with Gasteiger partial charge in [-0.05, 0) is 94.8 Å². The summed E-state index contributed by atoms with van der Waals surface area (Å²) in [5.41, 5.74) is 30.2. The van der Waals surface area contributed by atoms with E-state index < -0.39 is 264 Å². The van der Waals surface area contributed by atoms with Crippen molar-refractivity contribution in [3.8, 4) is 0 Å². The fraction of sp³-hybridized carbons (Fsp3) is 0.680. The zero-order chi connectivity index (χ0) is 102. The van der Waals surface area contributed by atoms with E-state index in [9.17, 15) is 115 Å². The van der Waals surface area contributed by atoms with Gasteiger partial charge in [-0.2, -0.15) is 0 Å². The van der Waals surface area contributed by atoms with Crippen LogP contribution in [0.25, 0.3) is 0 Å². The third kappa shape index (κ3) is 63.6. The molecule has 0 saturated heterocycles. The topological polar surface area (TPSA) is 936 Å². The molecule has 0 radical (unpaired) electrons. The molecule has 738 valence electrons. The lowest BCUT2D eigenvalue weighted by Gasteiger charge is -2.30. The van der Waals surface area contributed by atoms with Gasteiger partial charge in [-0.15, -0.1) is 0 Å². The smallest absolute Gasteiger partial charge is 0.344 e. The zero-order valence-corrected chi connectivity index (χ0v) is 73.9. The minimum absolute atomic E-state index is 0.0677. The summed E-state index contributed by atoms with van der Waals surface area (Å²) in [6.07, 6.45) is -5.02. The Hall–Kier alpha value is -13.0. The Morgan fingerprint density at radius 3 is 0.690 bits per heavy atom. The van der Waals surface area contributed by atoms with Gasteiger partial charge in [-0.3, -0.25) is 57.5 Å². The lowest BCUT2D eigenvalue weighted by Crippen LogP contribution is -2.51. The maximum absolute atomic E-state index is 12.1. The third-order valence-corrected chi connectivity index (χ3v) is 16.3. The van der Waals surface area contributed by atoms with Crippen LogP contribution >= 0.6 is 0 Å². The molecular formula is C75H126N12O42. The molecule has 0 spiro atoms. The quantitative estimate of drug-likeness (QED) is 0.0201. The summed E-state index contributed by atoms with van der Waals surface area (Å²) in [6.45, 7) is 21.1. The molecule has 0 aliphatic heterocycles. The third-order valence-electron chi connectivity index (χ3n) is 16.3. The van der Waals surface area contributed by atoms with E-state index in [-0.39, 0.29) is 102 Å². The van der Waals surface area contributed by atoms with Crippen molar-refractivity contribution < 1.29 is 205 Å². The Balaban J connectivity index is -0.000000352. The first-order valence-electron chi connectivity index (χ1n) is 39.1. The molecule has 15 atom stereocenters. The molecule has 0 heterocycles. The highest BCUT2D eigenvalue weighted by Crippen LogP contribution is 2.23. The van der Waals surface area contributed by atoms with Gasteiger partial charge in [0.25, 0.3) is 0 Å². The first-order valence-corrected chi connectivity index (χ1v) is 39.1. The van der Waals surface area contributed by atoms with Crippen molar-refractivity contribution in [2.24, 2.45) is 57.1 Å². The molecule has 0 aromatic carbocycles. The second-order valence-electron chi connectivity index (χ2n) is 30.5. The van der Waals surface area contributed by atoms with Gasteiger partial charge in [-0.1, -0.05) is 83.1 Å². The van der Waals surface area contributed by atoms with Crippen molar-refractivity contribution in [2.45, 2.75) is 285 Å². The number of amides is 6. The highest BCUT2D eigenvalue weighted by molar-refractivity contribution is 5.91. The molecule has 54 heteroatoms. The van der Waals surface area contributed by atoms with Crippen LogP contribution in [0.3, 0.4) is 0 Å². The van der Waals surface area contributed by atoms with Crippen LogP contribution in [-0.2, 0) is 143 Å². The Morgan fingerprint density at radius 2 is 0.465 bits per heavy atom. The Labute approximate surface area is 738 Å². The molecule has 129 heavy (non-hydrogen) atoms. The number of aliphatic carboxylic acids is 12. The van der Waals surface area contributed by atoms with E-state index in [0.29, 0.717) is 0 Å². The Bertz CT molecular complexity index is 3770. The molecule has 0 aliphatic carbocycles. The number of carboxylic acids is 12. The first-order chi connectivity index (χ1) is 59.0. The van der Waals surface area contributed by atoms with Crippen LogP contribution in [0.5, 0.6) is 0 Å². The molecule has 30 N–H and O–H groups in total. The molecule has 0 aromatic heterocycles. The van der Waals surface area contributed by atoms with Crippen molar-refractivity contribution in [1.29, 1.82) is 0 Å². The van der Waals surface area contributed by atoms with E-state index in [1.807, 2.05) is 0 Å². The van der Waals surface area contributed by atoms with Crippen LogP contribution in [0, 0.1) is 22.7 Å². The summed E-state index contributed by atoms with van der Waals surface area (Å²) in [4.78, 5) is 267. The normalized spacial score (nSPS) is 14.2. The van der Waals surface area contributed by atoms with Crippen LogP contribution in [0.1, 0.15) is 194 Å². The average Bonchev–Trinajstić information content (AvgIpc) is 0.840. The molecule has 54 nitrogen and oxygen atoms in total. The van der Waals surface area contributed by atoms with E-state index in [1.165, 1.54) is 20.8 Å². The number of rotatable bonds is 52. The molecule has 0 bridgehead atoms. The molecule has 0 unspecified atom stereocenters. The minimum Gasteiger partial charge on any atom is -0.480 e. The number of carboxylic acid groups (broad SMARTS) is 12. The van der Waals surface area contributed by atoms with Crippen molar-refractivity contribution in [1.82, 2.24) is 31.9 Å². The highest BCUT2D eigenvalue weighted by atomic mass is 16.6. The number of ether oxygens (including phenoxy) is 6. The van der Waals surface area contributed by atoms with Crippen LogP contribution in [0.2, 0.25) is 0 Å². The van der Waals surface area contributed by atoms with E-state index >= 15 is 0 Å². The van der Waals surface area contributed by atoms with Gasteiger partial charge >= 0.3 is 107 Å². The lowest BCUT2D eigenvalue weighted by atomic mass is 9.86. The number of nitrogens with two attached hydrogens (primary N) is 6. The zero-order valence-electron chi connectivity index (χ0n) is 73.9. The van der Waals surface area contributed by atoms with Crippen molar-refractivity contribution in [2.75, 3.05) is 19.8 Å². The van der Waals surface area contributed by atoms with Gasteiger partial charge in [0.15, 0.2) is 38.1 Å². The minimum atomic E-state index is -1.34. The van der Waals surface area contributed by atoms with E-state index in [0.717, 1.165) is 0 Å². The largest absolute Gasteiger partial charge is 0.480 e. The lowest BCUT2D eigenvalue weighted by molar-refractivity contribution is -0.166. The van der Waals surface area contributed by atoms with Gasteiger partial charge in [0, 0.05) is 38.5 Å². The molecule has 0 rings (SSSR count). The molecule has 0 fully saturated rings. The molecule has 0 aliphatic rings. The first kappa shape index (κ1) is 127. The summed E-state index contributed by atoms with van der Waals surface area (Å²) in [5.74, 6) is -24.3. The number of nitrogens with one attached hydrogen (secondary N) is 6. The SMILES string of the molecule is CC(C)(C)[C@H](NC(=O)CC[C@H](N)C(=O)O)C(=O)OCC(=O)O.CC(C)[C@H](NC(=O)CC[C@H](N)C(=O)O)C(=O)OCC(=O)O.CC(C)[C@H](NC(=O)CC[C@H](N)C(=O)O)C(=O)O[C@@H](C)C(=O)O.CC[C@H](NC(=O)CC[C@H](N)C(=O)O)C(=O)OCC(=O)O.CC[C@H](NC(=O)CC[C@H](N)C(=O)O)C(=O)O[C@@H](C)C(=O)O.C[C@H](OC(=O)[C@@H](NC(=O)CC[C@H](N)C(=O)O)C(C)(C)C)C(=O)O. The van der Waals surface area contributed by atoms with Crippen molar-refractivity contribution >= 4 is 143 Å². The van der Waals surface area contributed by atoms with Gasteiger partial charge in [0.1, 0.15) is 72.5 Å². The number of hydrogen-bond donors (Lipinski definition) is 24. The summed E-state index contributed by atoms with van der Waals surface area (Å²) < 4.78 is 27.7. The van der Waals surface area contributed by atoms with Crippen molar-refractivity contribution in [3.63, 3.8) is 0 Å². The van der Waals surface area contributed by atoms with Gasteiger partial charge in [-0.25, -0.2) is 57.5 Å². The monoisotopic (exact) mass is 1870 g/mol. The van der Waals surface area contributed by atoms with Crippen LogP contribution in [0.4, 0.5) is 0 Å². The standard InChI is InChI=1S/C14H24N2O7.2C13H22N2O7.2C12H20N2O7.C11H18N2O7/c1-7(11(18)19)23-13(22)10(14(2,3)4)16-9(17)6-5-8(15)12(20)21;1-13(2,3)10(12(21)22-6-9(17)18)15-8(16)5-4-7(14)11(19)20;1-6(2)10(13(21)22-7(3)11(17)18)15-9(16)5-4-8(14)12(19)20;1-6(2)10(12(20)21-5-9(16)17)14-8(15)4-3-7(13)11(18)19;1-3-8(12(20)21-6(2)10(16)17)14-9(15)5-4-7(13)11(18)19;1-2-7(11(19)20-5-9(15)16)13-8(14)4-3-6(12)10(17)18/h7-8,10H,5-6,15H2,1-4H3,(H,16,17)(H,18,19)(H,20,21);7,10H,4-6,14H2,1-3H3,(H,15,16)(H,17,18)(H,19,20);6-8,10H,4-5,14H2,1-3H3,(H,15,16)(H,17,18)(H,19,20);6-7,10H,3-5,13H2,1-2H3,(H,14,15)(H,16,17)(H,18,19);6-8H,3-5,13H2,1-2H3,(H,14,15)(H,16,17)(H,18,19);6-7H,2-5,12H2,1H3,(H,13,14)(H,15,16)(H,17,18)/t7-,8-,10+;7-,10+;7-,8-,10-;7-,10-;6-,7-,8-;6-,7-/m000000/s1. The number of esters is 6. The maximum Gasteiger partial charge on any atom is 0.344 e. The van der Waals surface area contributed by atoms with Crippen LogP contribution < -0.4 is 66.3 Å². The summed E-state index contributed by atoms with van der Waals surface area (Å²) >= 11 is 0. The molecule has 0 saturated carbocycles. The predicted octanol–water partition coefficient (Wildman–Crippen LogP) is -4.86. The van der Waals surface area contributed by atoms with Gasteiger partial charge < -0.3 is 156 Å². The van der Waals surface area contributed by atoms with E-state index in [1.54, 1.807) is 83.1 Å². The second-order valence-corrected chi connectivity index (χ2v) is 30.5. The van der Waals surface area contributed by atoms with Gasteiger partial charge in [0.2, 0.25) is 35.4 Å². The van der Waals surface area contributed by atoms with Crippen LogP contribution in [-0.4, -0.2) is 315 Å². The van der Waals surface area contributed by atoms with E-state index in [2.05, 4.69) is 50.8 Å². The second kappa shape index (κ2) is 65.6. The Morgan fingerprint density at radius 1 is 0.264 bits per heavy atom. The fourth-order valence-electron chi connectivity index (χ4n) is 8.43. The molecule has 0 aromatic rings. The fourth-order valence-corrected chi connectivity index (χ4v) is 8.43. The van der Waals surface area contributed by atoms with Crippen molar-refractivity contribution in [3.05, 3.63) is 0 Å². The summed E-state index contributed by atoms with van der Waals surface area (Å²) in [7, 11) is 0. The number of carbonyl (C=O) groups excluding carboxylic acids is 12. The van der Waals surface area contributed by atoms with E-state index in [4.69, 9.17) is 105 Å².